The molecule has 3 aromatic rings. The molecule has 3 nitrogen and oxygen atoms in total. The van der Waals surface area contributed by atoms with E-state index in [1.807, 2.05) is 41.8 Å². The quantitative estimate of drug-likeness (QED) is 0.778. The van der Waals surface area contributed by atoms with Gasteiger partial charge < -0.3 is 5.32 Å². The smallest absolute Gasteiger partial charge is 0.270 e. The zero-order valence-electron chi connectivity index (χ0n) is 10.5. The van der Waals surface area contributed by atoms with Gasteiger partial charge in [-0.3, -0.25) is 4.79 Å². The van der Waals surface area contributed by atoms with E-state index in [1.54, 1.807) is 17.4 Å². The second-order valence-electron chi connectivity index (χ2n) is 4.26. The van der Waals surface area contributed by atoms with E-state index in [1.165, 1.54) is 0 Å². The molecule has 3 rings (SSSR count). The van der Waals surface area contributed by atoms with Crippen molar-refractivity contribution in [2.75, 3.05) is 0 Å². The number of hydrogen-bond donors (Lipinski definition) is 1. The number of nitrogens with zero attached hydrogens (tertiary/aromatic N) is 1. The van der Waals surface area contributed by atoms with Crippen LogP contribution in [-0.2, 0) is 6.54 Å². The molecule has 0 atom stereocenters. The fourth-order valence-corrected chi connectivity index (χ4v) is 3.33. The maximum atomic E-state index is 12.1. The van der Waals surface area contributed by atoms with Gasteiger partial charge in [-0.25, -0.2) is 4.98 Å². The standard InChI is InChI=1S/C15H11BrN2OS/c16-11-7-8-20-14(11)9-17-15(19)13-6-5-10-3-1-2-4-12(10)18-13/h1-8H,9H2,(H,17,19). The van der Waals surface area contributed by atoms with Crippen molar-refractivity contribution in [2.24, 2.45) is 0 Å². The highest BCUT2D eigenvalue weighted by atomic mass is 79.9. The normalized spacial score (nSPS) is 10.7. The van der Waals surface area contributed by atoms with Crippen LogP contribution in [0.1, 0.15) is 15.4 Å². The van der Waals surface area contributed by atoms with Crippen LogP contribution in [0.2, 0.25) is 0 Å². The van der Waals surface area contributed by atoms with Crippen molar-refractivity contribution >= 4 is 44.1 Å². The van der Waals surface area contributed by atoms with E-state index in [0.29, 0.717) is 12.2 Å². The molecule has 1 amide bonds. The van der Waals surface area contributed by atoms with Crippen LogP contribution < -0.4 is 5.32 Å². The summed E-state index contributed by atoms with van der Waals surface area (Å²) in [6.07, 6.45) is 0. The van der Waals surface area contributed by atoms with E-state index in [2.05, 4.69) is 26.2 Å². The van der Waals surface area contributed by atoms with E-state index < -0.39 is 0 Å². The molecule has 0 aliphatic heterocycles. The van der Waals surface area contributed by atoms with Gasteiger partial charge in [-0.15, -0.1) is 11.3 Å². The van der Waals surface area contributed by atoms with Crippen LogP contribution >= 0.6 is 27.3 Å². The number of thiophene rings is 1. The molecule has 0 unspecified atom stereocenters. The zero-order valence-corrected chi connectivity index (χ0v) is 12.9. The number of para-hydroxylation sites is 1. The van der Waals surface area contributed by atoms with Crippen molar-refractivity contribution in [3.63, 3.8) is 0 Å². The summed E-state index contributed by atoms with van der Waals surface area (Å²) in [6.45, 7) is 0.506. The van der Waals surface area contributed by atoms with Gasteiger partial charge in [0.1, 0.15) is 5.69 Å². The van der Waals surface area contributed by atoms with E-state index in [0.717, 1.165) is 20.3 Å². The van der Waals surface area contributed by atoms with Crippen LogP contribution in [-0.4, -0.2) is 10.9 Å². The third-order valence-electron chi connectivity index (χ3n) is 2.93. The van der Waals surface area contributed by atoms with Crippen molar-refractivity contribution in [1.82, 2.24) is 10.3 Å². The number of halogens is 1. The minimum absolute atomic E-state index is 0.156. The fraction of sp³-hybridized carbons (Fsp3) is 0.0667. The van der Waals surface area contributed by atoms with Gasteiger partial charge in [0.2, 0.25) is 0 Å². The van der Waals surface area contributed by atoms with Crippen LogP contribution in [0.25, 0.3) is 10.9 Å². The number of fused-ring (bicyclic) bond motifs is 1. The van der Waals surface area contributed by atoms with Gasteiger partial charge in [0, 0.05) is 14.7 Å². The lowest BCUT2D eigenvalue weighted by atomic mass is 10.2. The molecule has 0 radical (unpaired) electrons. The van der Waals surface area contributed by atoms with Gasteiger partial charge in [0.05, 0.1) is 12.1 Å². The number of nitrogens with one attached hydrogen (secondary N) is 1. The summed E-state index contributed by atoms with van der Waals surface area (Å²) >= 11 is 5.06. The molecule has 20 heavy (non-hydrogen) atoms. The summed E-state index contributed by atoms with van der Waals surface area (Å²) in [5.41, 5.74) is 1.27. The topological polar surface area (TPSA) is 42.0 Å². The second kappa shape index (κ2) is 5.73. The molecule has 2 aromatic heterocycles. The first-order chi connectivity index (χ1) is 9.74. The highest BCUT2D eigenvalue weighted by molar-refractivity contribution is 9.10. The molecule has 0 saturated heterocycles. The molecule has 0 fully saturated rings. The lowest BCUT2D eigenvalue weighted by Gasteiger charge is -2.05. The van der Waals surface area contributed by atoms with Gasteiger partial charge >= 0.3 is 0 Å². The highest BCUT2D eigenvalue weighted by Gasteiger charge is 2.09. The number of amides is 1. The molecule has 0 bridgehead atoms. The van der Waals surface area contributed by atoms with E-state index in [9.17, 15) is 4.79 Å². The average Bonchev–Trinajstić information content (AvgIpc) is 2.89. The largest absolute Gasteiger partial charge is 0.346 e. The Bertz CT molecular complexity index is 769. The van der Waals surface area contributed by atoms with E-state index >= 15 is 0 Å². The van der Waals surface area contributed by atoms with Crippen molar-refractivity contribution in [3.8, 4) is 0 Å². The molecule has 0 saturated carbocycles. The Labute approximate surface area is 128 Å². The molecule has 1 aromatic carbocycles. The monoisotopic (exact) mass is 346 g/mol. The lowest BCUT2D eigenvalue weighted by molar-refractivity contribution is 0.0946. The predicted octanol–water partition coefficient (Wildman–Crippen LogP) is 3.99. The minimum atomic E-state index is -0.156. The number of carbonyl (C=O) groups excluding carboxylic acids is 1. The molecule has 0 aliphatic rings. The summed E-state index contributed by atoms with van der Waals surface area (Å²) in [7, 11) is 0. The average molecular weight is 347 g/mol. The van der Waals surface area contributed by atoms with Crippen molar-refractivity contribution in [1.29, 1.82) is 0 Å². The molecule has 2 heterocycles. The molecule has 0 spiro atoms. The Morgan fingerprint density at radius 3 is 2.85 bits per heavy atom. The molecule has 0 aliphatic carbocycles. The van der Waals surface area contributed by atoms with Crippen LogP contribution in [0.5, 0.6) is 0 Å². The van der Waals surface area contributed by atoms with Gasteiger partial charge in [-0.2, -0.15) is 0 Å². The number of hydrogen-bond acceptors (Lipinski definition) is 3. The first kappa shape index (κ1) is 13.3. The zero-order chi connectivity index (χ0) is 13.9. The van der Waals surface area contributed by atoms with Crippen LogP contribution in [0.3, 0.4) is 0 Å². The second-order valence-corrected chi connectivity index (χ2v) is 6.12. The Balaban J connectivity index is 1.77. The SMILES string of the molecule is O=C(NCc1sccc1Br)c1ccc2ccccc2n1. The number of aromatic nitrogens is 1. The molecule has 100 valence electrons. The van der Waals surface area contributed by atoms with Gasteiger partial charge in [0.25, 0.3) is 5.91 Å². The van der Waals surface area contributed by atoms with E-state index in [-0.39, 0.29) is 5.91 Å². The maximum Gasteiger partial charge on any atom is 0.270 e. The van der Waals surface area contributed by atoms with Crippen molar-refractivity contribution in [2.45, 2.75) is 6.54 Å². The summed E-state index contributed by atoms with van der Waals surface area (Å²) in [4.78, 5) is 17.6. The molecular weight excluding hydrogens is 336 g/mol. The Morgan fingerprint density at radius 1 is 1.20 bits per heavy atom. The third kappa shape index (κ3) is 2.73. The van der Waals surface area contributed by atoms with Crippen LogP contribution in [0, 0.1) is 0 Å². The van der Waals surface area contributed by atoms with Gasteiger partial charge in [-0.05, 0) is 39.5 Å². The molecule has 1 N–H and O–H groups in total. The van der Waals surface area contributed by atoms with Gasteiger partial charge in [0.15, 0.2) is 0 Å². The summed E-state index contributed by atoms with van der Waals surface area (Å²) in [5, 5.41) is 5.90. The van der Waals surface area contributed by atoms with Crippen LogP contribution in [0.4, 0.5) is 0 Å². The summed E-state index contributed by atoms with van der Waals surface area (Å²) in [6, 6.07) is 13.4. The third-order valence-corrected chi connectivity index (χ3v) is 4.86. The minimum Gasteiger partial charge on any atom is -0.346 e. The van der Waals surface area contributed by atoms with Gasteiger partial charge in [-0.1, -0.05) is 24.3 Å². The van der Waals surface area contributed by atoms with Crippen LogP contribution in [0.15, 0.2) is 52.3 Å². The Morgan fingerprint density at radius 2 is 2.05 bits per heavy atom. The number of benzene rings is 1. The number of carbonyl (C=O) groups is 1. The first-order valence-corrected chi connectivity index (χ1v) is 7.77. The fourth-order valence-electron chi connectivity index (χ4n) is 1.89. The van der Waals surface area contributed by atoms with E-state index in [4.69, 9.17) is 0 Å². The number of rotatable bonds is 3. The van der Waals surface area contributed by atoms with Crippen molar-refractivity contribution < 1.29 is 4.79 Å². The Kier molecular flexibility index (Phi) is 3.80. The Hall–Kier alpha value is -1.72. The summed E-state index contributed by atoms with van der Waals surface area (Å²) < 4.78 is 1.02. The van der Waals surface area contributed by atoms with Crippen molar-refractivity contribution in [3.05, 3.63) is 62.9 Å². The first-order valence-electron chi connectivity index (χ1n) is 6.10. The lowest BCUT2D eigenvalue weighted by Crippen LogP contribution is -2.23. The predicted molar refractivity (Wildman–Crippen MR) is 84.9 cm³/mol. The molecular formula is C15H11BrN2OS. The maximum absolute atomic E-state index is 12.1. The highest BCUT2D eigenvalue weighted by Crippen LogP contribution is 2.22. The molecule has 5 heteroatoms. The number of pyridine rings is 1. The summed E-state index contributed by atoms with van der Waals surface area (Å²) in [5.74, 6) is -0.156.